The summed E-state index contributed by atoms with van der Waals surface area (Å²) in [5.41, 5.74) is 4.89. The highest BCUT2D eigenvalue weighted by atomic mass is 16.6. The molecule has 2 N–H and O–H groups in total. The van der Waals surface area contributed by atoms with Crippen LogP contribution < -0.4 is 5.73 Å². The lowest BCUT2D eigenvalue weighted by molar-refractivity contribution is -0.137. The molecule has 2 saturated carbocycles. The van der Waals surface area contributed by atoms with Crippen molar-refractivity contribution in [1.82, 2.24) is 0 Å². The number of nitrogens with two attached hydrogens (primary N) is 1. The number of primary amides is 1. The molecule has 37 heavy (non-hydrogen) atoms. The van der Waals surface area contributed by atoms with Crippen molar-refractivity contribution in [2.45, 2.75) is 105 Å². The van der Waals surface area contributed by atoms with Gasteiger partial charge in [-0.25, -0.2) is 4.79 Å². The number of nitriles is 1. The van der Waals surface area contributed by atoms with E-state index in [2.05, 4.69) is 40.7 Å². The Morgan fingerprint density at radius 2 is 1.65 bits per heavy atom. The molecule has 2 fully saturated rings. The van der Waals surface area contributed by atoms with Gasteiger partial charge in [-0.3, -0.25) is 9.59 Å². The van der Waals surface area contributed by atoms with Crippen molar-refractivity contribution in [2.75, 3.05) is 0 Å². The van der Waals surface area contributed by atoms with Crippen molar-refractivity contribution < 1.29 is 19.1 Å². The molecule has 0 aliphatic heterocycles. The van der Waals surface area contributed by atoms with E-state index in [0.717, 1.165) is 50.5 Å². The second-order valence-corrected chi connectivity index (χ2v) is 14.1. The first-order valence-electron chi connectivity index (χ1n) is 13.9. The molecule has 0 saturated heterocycles. The standard InChI is InChI=1S/C31H44N2O4/c1-19-21-9-11-31(7)24(29(21,5)17-20(18-32)25(19)35)16-23(34)22-8-10-27(2,3)12-13-28(4,37-26(33)36)14-15-30(22,31)6/h16-17,19,21-22H,8-15H2,1-7H3,(H2,33,36)/t19-,21-,22?,28-,29-,30+,31+/m0/s1. The lowest BCUT2D eigenvalue weighted by Crippen LogP contribution is -2.59. The van der Waals surface area contributed by atoms with Gasteiger partial charge in [-0.1, -0.05) is 53.2 Å². The van der Waals surface area contributed by atoms with Gasteiger partial charge >= 0.3 is 6.09 Å². The van der Waals surface area contributed by atoms with Crippen LogP contribution in [-0.2, 0) is 14.3 Å². The highest BCUT2D eigenvalue weighted by Gasteiger charge is 2.63. The summed E-state index contributed by atoms with van der Waals surface area (Å²) in [7, 11) is 0. The number of carbonyl (C=O) groups excluding carboxylic acids is 3. The van der Waals surface area contributed by atoms with Gasteiger partial charge in [-0.05, 0) is 86.5 Å². The second kappa shape index (κ2) is 8.82. The number of allylic oxidation sites excluding steroid dienone is 4. The predicted molar refractivity (Wildman–Crippen MR) is 142 cm³/mol. The highest BCUT2D eigenvalue weighted by Crippen LogP contribution is 2.69. The van der Waals surface area contributed by atoms with E-state index >= 15 is 0 Å². The quantitative estimate of drug-likeness (QED) is 0.438. The maximum Gasteiger partial charge on any atom is 0.405 e. The van der Waals surface area contributed by atoms with E-state index in [-0.39, 0.29) is 51.1 Å². The zero-order valence-electron chi connectivity index (χ0n) is 23.7. The van der Waals surface area contributed by atoms with Crippen molar-refractivity contribution >= 4 is 17.7 Å². The van der Waals surface area contributed by atoms with E-state index in [9.17, 15) is 19.6 Å². The molecule has 7 atom stereocenters. The molecule has 0 heterocycles. The smallest absolute Gasteiger partial charge is 0.405 e. The summed E-state index contributed by atoms with van der Waals surface area (Å²) < 4.78 is 5.74. The fraction of sp³-hybridized carbons (Fsp3) is 0.742. The van der Waals surface area contributed by atoms with Crippen LogP contribution >= 0.6 is 0 Å². The van der Waals surface area contributed by atoms with Crippen LogP contribution in [0.25, 0.3) is 0 Å². The zero-order chi connectivity index (χ0) is 27.6. The van der Waals surface area contributed by atoms with Crippen LogP contribution in [0.5, 0.6) is 0 Å². The fourth-order valence-corrected chi connectivity index (χ4v) is 8.53. The number of hydrogen-bond acceptors (Lipinski definition) is 5. The van der Waals surface area contributed by atoms with Gasteiger partial charge in [-0.2, -0.15) is 5.26 Å². The number of fused-ring (bicyclic) bond motifs is 5. The summed E-state index contributed by atoms with van der Waals surface area (Å²) in [5, 5.41) is 9.76. The normalized spacial score (nSPS) is 43.7. The minimum atomic E-state index is -0.756. The Morgan fingerprint density at radius 3 is 2.27 bits per heavy atom. The van der Waals surface area contributed by atoms with Gasteiger partial charge in [-0.15, -0.1) is 0 Å². The Kier molecular flexibility index (Phi) is 6.58. The molecule has 4 aliphatic rings. The number of hydrogen-bond donors (Lipinski definition) is 1. The van der Waals surface area contributed by atoms with Gasteiger partial charge in [0.25, 0.3) is 0 Å². The predicted octanol–water partition coefficient (Wildman–Crippen LogP) is 6.44. The maximum atomic E-state index is 14.0. The second-order valence-electron chi connectivity index (χ2n) is 14.1. The molecule has 4 aliphatic carbocycles. The third-order valence-corrected chi connectivity index (χ3v) is 11.4. The molecular formula is C31H44N2O4. The van der Waals surface area contributed by atoms with Crippen molar-refractivity contribution in [2.24, 2.45) is 45.1 Å². The van der Waals surface area contributed by atoms with E-state index in [1.54, 1.807) is 0 Å². The van der Waals surface area contributed by atoms with Gasteiger partial charge < -0.3 is 10.5 Å². The van der Waals surface area contributed by atoms with Crippen LogP contribution in [0.4, 0.5) is 4.79 Å². The number of carbonyl (C=O) groups is 3. The third-order valence-electron chi connectivity index (χ3n) is 11.4. The van der Waals surface area contributed by atoms with E-state index in [1.165, 1.54) is 0 Å². The molecular weight excluding hydrogens is 464 g/mol. The Balaban J connectivity index is 1.86. The number of Topliss-reactive ketones (excluding diaryl/α,β-unsaturated/α-hetero) is 1. The Bertz CT molecular complexity index is 1130. The Morgan fingerprint density at radius 1 is 1.00 bits per heavy atom. The summed E-state index contributed by atoms with van der Waals surface area (Å²) in [5.74, 6) is -0.263. The molecule has 0 aromatic rings. The van der Waals surface area contributed by atoms with Crippen LogP contribution in [0.1, 0.15) is 99.8 Å². The van der Waals surface area contributed by atoms with E-state index in [0.29, 0.717) is 6.42 Å². The first kappa shape index (κ1) is 27.6. The Hall–Kier alpha value is -2.42. The number of amides is 1. The zero-order valence-corrected chi connectivity index (χ0v) is 23.7. The molecule has 0 aromatic heterocycles. The topological polar surface area (TPSA) is 110 Å². The van der Waals surface area contributed by atoms with Crippen LogP contribution in [0.3, 0.4) is 0 Å². The average molecular weight is 509 g/mol. The van der Waals surface area contributed by atoms with Crippen molar-refractivity contribution in [1.29, 1.82) is 5.26 Å². The first-order chi connectivity index (χ1) is 17.0. The minimum Gasteiger partial charge on any atom is -0.443 e. The van der Waals surface area contributed by atoms with Gasteiger partial charge in [0.1, 0.15) is 11.7 Å². The minimum absolute atomic E-state index is 0.00106. The highest BCUT2D eigenvalue weighted by molar-refractivity contribution is 6.02. The van der Waals surface area contributed by atoms with Gasteiger partial charge in [0.05, 0.1) is 5.57 Å². The lowest BCUT2D eigenvalue weighted by atomic mass is 9.39. The molecule has 0 aromatic carbocycles. The molecule has 1 unspecified atom stereocenters. The van der Waals surface area contributed by atoms with E-state index in [4.69, 9.17) is 10.5 Å². The van der Waals surface area contributed by atoms with Crippen molar-refractivity contribution in [3.63, 3.8) is 0 Å². The molecule has 6 heteroatoms. The fourth-order valence-electron chi connectivity index (χ4n) is 8.53. The molecule has 1 amide bonds. The van der Waals surface area contributed by atoms with Crippen LogP contribution in [0, 0.1) is 50.7 Å². The molecule has 0 spiro atoms. The third kappa shape index (κ3) is 4.27. The summed E-state index contributed by atoms with van der Waals surface area (Å²) >= 11 is 0. The number of ketones is 2. The lowest BCUT2D eigenvalue weighted by Gasteiger charge is -2.63. The number of rotatable bonds is 1. The molecule has 202 valence electrons. The maximum absolute atomic E-state index is 14.0. The number of ether oxygens (including phenoxy) is 1. The van der Waals surface area contributed by atoms with Crippen LogP contribution in [-0.4, -0.2) is 23.3 Å². The summed E-state index contributed by atoms with van der Waals surface area (Å²) in [6.45, 7) is 15.1. The Labute approximate surface area is 222 Å². The SMILES string of the molecule is C[C@@H]1C(=O)C(C#N)=C[C@]2(C)C3=CC(=O)C4CCC(C)(C)CC[C@](C)(OC(N)=O)CC[C@@]4(C)[C@]3(C)CC[C@@H]12. The molecule has 4 rings (SSSR count). The van der Waals surface area contributed by atoms with Crippen molar-refractivity contribution in [3.05, 3.63) is 23.3 Å². The van der Waals surface area contributed by atoms with Gasteiger partial charge in [0.2, 0.25) is 0 Å². The van der Waals surface area contributed by atoms with Crippen molar-refractivity contribution in [3.8, 4) is 6.07 Å². The summed E-state index contributed by atoms with van der Waals surface area (Å²) in [4.78, 5) is 38.8. The van der Waals surface area contributed by atoms with Gasteiger partial charge in [0, 0.05) is 17.3 Å². The number of nitrogens with zero attached hydrogens (tertiary/aromatic N) is 1. The molecule has 6 nitrogen and oxygen atoms in total. The van der Waals surface area contributed by atoms with Crippen LogP contribution in [0.15, 0.2) is 23.3 Å². The largest absolute Gasteiger partial charge is 0.443 e. The van der Waals surface area contributed by atoms with E-state index < -0.39 is 17.1 Å². The monoisotopic (exact) mass is 508 g/mol. The van der Waals surface area contributed by atoms with E-state index in [1.807, 2.05) is 26.0 Å². The van der Waals surface area contributed by atoms with Crippen LogP contribution in [0.2, 0.25) is 0 Å². The molecule has 0 radical (unpaired) electrons. The van der Waals surface area contributed by atoms with Gasteiger partial charge in [0.15, 0.2) is 11.6 Å². The summed E-state index contributed by atoms with van der Waals surface area (Å²) in [6, 6.07) is 2.14. The first-order valence-corrected chi connectivity index (χ1v) is 13.9. The average Bonchev–Trinajstić information content (AvgIpc) is 2.80. The molecule has 0 bridgehead atoms. The summed E-state index contributed by atoms with van der Waals surface area (Å²) in [6.07, 6.45) is 9.45.